The SMILES string of the molecule is CC1=CC(C)(C)N(Cc2ccc([N+](=O)[O-])cc2)c2ccc(C)cc21. The average molecular weight is 322 g/mol. The van der Waals surface area contributed by atoms with E-state index in [1.807, 2.05) is 12.1 Å². The summed E-state index contributed by atoms with van der Waals surface area (Å²) in [7, 11) is 0. The van der Waals surface area contributed by atoms with E-state index in [2.05, 4.69) is 56.9 Å². The molecule has 124 valence electrons. The molecule has 3 rings (SSSR count). The maximum Gasteiger partial charge on any atom is 0.269 e. The molecule has 0 radical (unpaired) electrons. The van der Waals surface area contributed by atoms with Gasteiger partial charge in [-0.3, -0.25) is 10.1 Å². The molecule has 0 amide bonds. The molecule has 0 spiro atoms. The normalized spacial score (nSPS) is 15.7. The molecule has 0 fully saturated rings. The van der Waals surface area contributed by atoms with Crippen LogP contribution >= 0.6 is 0 Å². The number of aryl methyl sites for hydroxylation is 1. The number of fused-ring (bicyclic) bond motifs is 1. The first-order chi connectivity index (χ1) is 11.3. The first-order valence-corrected chi connectivity index (χ1v) is 8.09. The summed E-state index contributed by atoms with van der Waals surface area (Å²) in [5, 5.41) is 10.8. The van der Waals surface area contributed by atoms with Gasteiger partial charge in [-0.1, -0.05) is 29.8 Å². The van der Waals surface area contributed by atoms with Crippen LogP contribution in [0.2, 0.25) is 0 Å². The fraction of sp³-hybridized carbons (Fsp3) is 0.300. The van der Waals surface area contributed by atoms with Crippen LogP contribution in [0, 0.1) is 17.0 Å². The number of rotatable bonds is 3. The van der Waals surface area contributed by atoms with Crippen LogP contribution in [0.5, 0.6) is 0 Å². The van der Waals surface area contributed by atoms with Crippen LogP contribution in [0.25, 0.3) is 5.57 Å². The lowest BCUT2D eigenvalue weighted by atomic mass is 9.87. The number of anilines is 1. The summed E-state index contributed by atoms with van der Waals surface area (Å²) in [5.74, 6) is 0. The number of allylic oxidation sites excluding steroid dienone is 1. The van der Waals surface area contributed by atoms with E-state index in [-0.39, 0.29) is 16.1 Å². The van der Waals surface area contributed by atoms with Gasteiger partial charge in [0, 0.05) is 29.9 Å². The largest absolute Gasteiger partial charge is 0.358 e. The van der Waals surface area contributed by atoms with Gasteiger partial charge in [-0.15, -0.1) is 0 Å². The maximum atomic E-state index is 10.8. The molecule has 1 aliphatic heterocycles. The zero-order valence-corrected chi connectivity index (χ0v) is 14.5. The van der Waals surface area contributed by atoms with E-state index in [9.17, 15) is 10.1 Å². The molecular formula is C20H22N2O2. The second-order valence-corrected chi connectivity index (χ2v) is 7.01. The molecule has 24 heavy (non-hydrogen) atoms. The standard InChI is InChI=1S/C20H22N2O2/c1-14-5-10-19-18(11-14)15(2)12-20(3,4)21(19)13-16-6-8-17(9-7-16)22(23)24/h5-12H,13H2,1-4H3. The van der Waals surface area contributed by atoms with Gasteiger partial charge in [0.1, 0.15) is 0 Å². The quantitative estimate of drug-likeness (QED) is 0.583. The van der Waals surface area contributed by atoms with E-state index < -0.39 is 0 Å². The van der Waals surface area contributed by atoms with Crippen LogP contribution in [0.4, 0.5) is 11.4 Å². The highest BCUT2D eigenvalue weighted by Crippen LogP contribution is 2.40. The van der Waals surface area contributed by atoms with Gasteiger partial charge in [0.2, 0.25) is 0 Å². The van der Waals surface area contributed by atoms with Gasteiger partial charge in [-0.25, -0.2) is 0 Å². The Morgan fingerprint density at radius 1 is 1.08 bits per heavy atom. The highest BCUT2D eigenvalue weighted by molar-refractivity contribution is 5.81. The third-order valence-corrected chi connectivity index (χ3v) is 4.62. The van der Waals surface area contributed by atoms with Crippen LogP contribution in [0.1, 0.15) is 37.5 Å². The van der Waals surface area contributed by atoms with Gasteiger partial charge in [0.05, 0.1) is 10.5 Å². The van der Waals surface area contributed by atoms with E-state index in [1.54, 1.807) is 12.1 Å². The van der Waals surface area contributed by atoms with Crippen LogP contribution in [0.3, 0.4) is 0 Å². The Bertz CT molecular complexity index is 820. The molecule has 1 aliphatic rings. The Balaban J connectivity index is 1.99. The number of nitro groups is 1. The van der Waals surface area contributed by atoms with E-state index >= 15 is 0 Å². The molecule has 0 bridgehead atoms. The van der Waals surface area contributed by atoms with Crippen LogP contribution in [-0.2, 0) is 6.54 Å². The van der Waals surface area contributed by atoms with E-state index in [1.165, 1.54) is 22.4 Å². The van der Waals surface area contributed by atoms with Gasteiger partial charge in [0.25, 0.3) is 5.69 Å². The van der Waals surface area contributed by atoms with Gasteiger partial charge >= 0.3 is 0 Å². The Hall–Kier alpha value is -2.62. The molecule has 0 aliphatic carbocycles. The van der Waals surface area contributed by atoms with Crippen molar-refractivity contribution >= 4 is 16.9 Å². The fourth-order valence-corrected chi connectivity index (χ4v) is 3.39. The van der Waals surface area contributed by atoms with Crippen molar-refractivity contribution in [1.29, 1.82) is 0 Å². The van der Waals surface area contributed by atoms with Crippen molar-refractivity contribution in [3.8, 4) is 0 Å². The molecule has 0 unspecified atom stereocenters. The Morgan fingerprint density at radius 3 is 2.38 bits per heavy atom. The van der Waals surface area contributed by atoms with Gasteiger partial charge < -0.3 is 4.90 Å². The number of nitrogens with zero attached hydrogens (tertiary/aromatic N) is 2. The van der Waals surface area contributed by atoms with Crippen molar-refractivity contribution in [1.82, 2.24) is 0 Å². The number of benzene rings is 2. The predicted molar refractivity (Wildman–Crippen MR) is 98.2 cm³/mol. The molecule has 0 atom stereocenters. The second-order valence-electron chi connectivity index (χ2n) is 7.01. The summed E-state index contributed by atoms with van der Waals surface area (Å²) < 4.78 is 0. The highest BCUT2D eigenvalue weighted by atomic mass is 16.6. The number of non-ortho nitro benzene ring substituents is 1. The van der Waals surface area contributed by atoms with Crippen LogP contribution < -0.4 is 4.90 Å². The predicted octanol–water partition coefficient (Wildman–Crippen LogP) is 5.11. The summed E-state index contributed by atoms with van der Waals surface area (Å²) in [4.78, 5) is 12.8. The number of hydrogen-bond donors (Lipinski definition) is 0. The molecule has 0 saturated carbocycles. The van der Waals surface area contributed by atoms with E-state index in [0.717, 1.165) is 5.56 Å². The molecule has 0 N–H and O–H groups in total. The molecule has 4 nitrogen and oxygen atoms in total. The average Bonchev–Trinajstić information content (AvgIpc) is 2.51. The van der Waals surface area contributed by atoms with Crippen molar-refractivity contribution in [3.05, 3.63) is 75.3 Å². The minimum absolute atomic E-state index is 0.117. The molecule has 4 heteroatoms. The Morgan fingerprint density at radius 2 is 1.75 bits per heavy atom. The van der Waals surface area contributed by atoms with Gasteiger partial charge in [0.15, 0.2) is 0 Å². The lowest BCUT2D eigenvalue weighted by molar-refractivity contribution is -0.384. The van der Waals surface area contributed by atoms with Gasteiger partial charge in [-0.05, 0) is 51.0 Å². The smallest absolute Gasteiger partial charge is 0.269 e. The van der Waals surface area contributed by atoms with Crippen LogP contribution in [0.15, 0.2) is 48.5 Å². The van der Waals surface area contributed by atoms with E-state index in [4.69, 9.17) is 0 Å². The fourth-order valence-electron chi connectivity index (χ4n) is 3.39. The topological polar surface area (TPSA) is 46.4 Å². The van der Waals surface area contributed by atoms with Crippen molar-refractivity contribution in [3.63, 3.8) is 0 Å². The first kappa shape index (κ1) is 16.2. The second kappa shape index (κ2) is 5.78. The molecule has 2 aromatic carbocycles. The summed E-state index contributed by atoms with van der Waals surface area (Å²) in [5.41, 5.74) is 6.08. The summed E-state index contributed by atoms with van der Waals surface area (Å²) in [6.45, 7) is 9.37. The summed E-state index contributed by atoms with van der Waals surface area (Å²) >= 11 is 0. The summed E-state index contributed by atoms with van der Waals surface area (Å²) in [6, 6.07) is 13.4. The molecule has 1 heterocycles. The molecule has 2 aromatic rings. The lowest BCUT2D eigenvalue weighted by Crippen LogP contribution is -2.44. The zero-order valence-electron chi connectivity index (χ0n) is 14.5. The van der Waals surface area contributed by atoms with E-state index in [0.29, 0.717) is 6.54 Å². The van der Waals surface area contributed by atoms with Crippen LogP contribution in [-0.4, -0.2) is 10.5 Å². The third-order valence-electron chi connectivity index (χ3n) is 4.62. The maximum absolute atomic E-state index is 10.8. The first-order valence-electron chi connectivity index (χ1n) is 8.09. The Kier molecular flexibility index (Phi) is 3.91. The number of hydrogen-bond acceptors (Lipinski definition) is 3. The molecule has 0 aromatic heterocycles. The summed E-state index contributed by atoms with van der Waals surface area (Å²) in [6.07, 6.45) is 2.29. The molecule has 0 saturated heterocycles. The van der Waals surface area contributed by atoms with Crippen molar-refractivity contribution in [2.24, 2.45) is 0 Å². The van der Waals surface area contributed by atoms with Crippen molar-refractivity contribution in [2.75, 3.05) is 4.90 Å². The van der Waals surface area contributed by atoms with Crippen molar-refractivity contribution in [2.45, 2.75) is 39.8 Å². The van der Waals surface area contributed by atoms with Gasteiger partial charge in [-0.2, -0.15) is 0 Å². The highest BCUT2D eigenvalue weighted by Gasteiger charge is 2.31. The Labute approximate surface area is 142 Å². The third kappa shape index (κ3) is 2.92. The van der Waals surface area contributed by atoms with Crippen molar-refractivity contribution < 1.29 is 4.92 Å². The molecular weight excluding hydrogens is 300 g/mol. The monoisotopic (exact) mass is 322 g/mol. The minimum atomic E-state index is -0.362. The zero-order chi connectivity index (χ0) is 17.5. The minimum Gasteiger partial charge on any atom is -0.358 e. The lowest BCUT2D eigenvalue weighted by Gasteiger charge is -2.43. The number of nitro benzene ring substituents is 1.